The summed E-state index contributed by atoms with van der Waals surface area (Å²) in [5, 5.41) is 3.86. The van der Waals surface area contributed by atoms with E-state index < -0.39 is 0 Å². The molecule has 100 valence electrons. The first-order valence-corrected chi connectivity index (χ1v) is 7.43. The Hall–Kier alpha value is -0.0800. The van der Waals surface area contributed by atoms with Gasteiger partial charge < -0.3 is 5.32 Å². The number of rotatable bonds is 4. The number of nitrogens with one attached hydrogen (secondary N) is 1. The van der Waals surface area contributed by atoms with Gasteiger partial charge in [0.25, 0.3) is 0 Å². The normalized spacial score (nSPS) is 35.8. The van der Waals surface area contributed by atoms with Crippen LogP contribution < -0.4 is 5.32 Å². The zero-order valence-electron chi connectivity index (χ0n) is 12.3. The SMILES string of the molecule is CC(C)CC1CNC(C)(C2CC2)CN1C(C)C. The molecule has 1 aliphatic carbocycles. The molecule has 1 saturated heterocycles. The molecule has 2 heteroatoms. The van der Waals surface area contributed by atoms with E-state index in [-0.39, 0.29) is 0 Å². The highest BCUT2D eigenvalue weighted by Crippen LogP contribution is 2.42. The third-order valence-corrected chi connectivity index (χ3v) is 4.61. The van der Waals surface area contributed by atoms with Crippen LogP contribution in [0.4, 0.5) is 0 Å². The summed E-state index contributed by atoms with van der Waals surface area (Å²) < 4.78 is 0. The van der Waals surface area contributed by atoms with Crippen molar-refractivity contribution in [2.24, 2.45) is 11.8 Å². The fraction of sp³-hybridized carbons (Fsp3) is 1.00. The van der Waals surface area contributed by atoms with E-state index in [1.165, 1.54) is 32.4 Å². The van der Waals surface area contributed by atoms with Crippen LogP contribution in [0, 0.1) is 11.8 Å². The first-order chi connectivity index (χ1) is 7.92. The zero-order chi connectivity index (χ0) is 12.6. The summed E-state index contributed by atoms with van der Waals surface area (Å²) in [4.78, 5) is 2.74. The van der Waals surface area contributed by atoms with Crippen LogP contribution in [0.3, 0.4) is 0 Å². The standard InChI is InChI=1S/C15H30N2/c1-11(2)8-14-9-16-15(5,13-6-7-13)10-17(14)12(3)4/h11-14,16H,6-10H2,1-5H3. The monoisotopic (exact) mass is 238 g/mol. The van der Waals surface area contributed by atoms with Crippen LogP contribution in [0.2, 0.25) is 0 Å². The second-order valence-electron chi connectivity index (χ2n) is 7.12. The van der Waals surface area contributed by atoms with Crippen LogP contribution in [0.5, 0.6) is 0 Å². The first-order valence-electron chi connectivity index (χ1n) is 7.43. The fourth-order valence-electron chi connectivity index (χ4n) is 3.39. The van der Waals surface area contributed by atoms with Crippen molar-refractivity contribution < 1.29 is 0 Å². The third-order valence-electron chi connectivity index (χ3n) is 4.61. The van der Waals surface area contributed by atoms with E-state index in [0.29, 0.717) is 11.6 Å². The van der Waals surface area contributed by atoms with Crippen molar-refractivity contribution in [3.8, 4) is 0 Å². The van der Waals surface area contributed by atoms with Gasteiger partial charge in [0.1, 0.15) is 0 Å². The Labute approximate surface area is 107 Å². The summed E-state index contributed by atoms with van der Waals surface area (Å²) in [6.07, 6.45) is 4.19. The Morgan fingerprint density at radius 3 is 2.35 bits per heavy atom. The minimum Gasteiger partial charge on any atom is -0.308 e. The molecule has 0 amide bonds. The van der Waals surface area contributed by atoms with Crippen molar-refractivity contribution in [1.29, 1.82) is 0 Å². The maximum Gasteiger partial charge on any atom is 0.0309 e. The van der Waals surface area contributed by atoms with Gasteiger partial charge >= 0.3 is 0 Å². The highest BCUT2D eigenvalue weighted by molar-refractivity contribution is 5.04. The van der Waals surface area contributed by atoms with Gasteiger partial charge in [-0.15, -0.1) is 0 Å². The van der Waals surface area contributed by atoms with Gasteiger partial charge in [0.05, 0.1) is 0 Å². The van der Waals surface area contributed by atoms with Crippen LogP contribution in [0.1, 0.15) is 53.9 Å². The molecular weight excluding hydrogens is 208 g/mol. The van der Waals surface area contributed by atoms with Crippen molar-refractivity contribution in [3.05, 3.63) is 0 Å². The van der Waals surface area contributed by atoms with E-state index in [4.69, 9.17) is 0 Å². The Morgan fingerprint density at radius 1 is 1.24 bits per heavy atom. The topological polar surface area (TPSA) is 15.3 Å². The second kappa shape index (κ2) is 4.89. The molecule has 2 fully saturated rings. The van der Waals surface area contributed by atoms with Crippen molar-refractivity contribution in [2.75, 3.05) is 13.1 Å². The van der Waals surface area contributed by atoms with Gasteiger partial charge in [0, 0.05) is 30.7 Å². The molecular formula is C15H30N2. The van der Waals surface area contributed by atoms with Crippen LogP contribution in [-0.4, -0.2) is 35.6 Å². The summed E-state index contributed by atoms with van der Waals surface area (Å²) in [6.45, 7) is 14.3. The lowest BCUT2D eigenvalue weighted by Gasteiger charge is -2.49. The van der Waals surface area contributed by atoms with E-state index in [1.807, 2.05) is 0 Å². The molecule has 2 aliphatic rings. The molecule has 1 aliphatic heterocycles. The molecule has 1 saturated carbocycles. The molecule has 17 heavy (non-hydrogen) atoms. The first kappa shape index (κ1) is 13.4. The molecule has 2 unspecified atom stereocenters. The second-order valence-corrected chi connectivity index (χ2v) is 7.12. The summed E-state index contributed by atoms with van der Waals surface area (Å²) in [6, 6.07) is 1.42. The molecule has 0 bridgehead atoms. The van der Waals surface area contributed by atoms with E-state index >= 15 is 0 Å². The summed E-state index contributed by atoms with van der Waals surface area (Å²) in [5.74, 6) is 1.73. The van der Waals surface area contributed by atoms with E-state index in [1.54, 1.807) is 0 Å². The van der Waals surface area contributed by atoms with Crippen molar-refractivity contribution in [3.63, 3.8) is 0 Å². The lowest BCUT2D eigenvalue weighted by molar-refractivity contribution is 0.0405. The Bertz CT molecular complexity index is 258. The Kier molecular flexibility index (Phi) is 3.84. The fourth-order valence-corrected chi connectivity index (χ4v) is 3.39. The Balaban J connectivity index is 2.02. The lowest BCUT2D eigenvalue weighted by Crippen LogP contribution is -2.65. The van der Waals surface area contributed by atoms with Crippen LogP contribution in [0.15, 0.2) is 0 Å². The minimum absolute atomic E-state index is 0.387. The average molecular weight is 238 g/mol. The van der Waals surface area contributed by atoms with Crippen molar-refractivity contribution in [2.45, 2.75) is 71.5 Å². The number of hydrogen-bond donors (Lipinski definition) is 1. The van der Waals surface area contributed by atoms with E-state index in [2.05, 4.69) is 44.8 Å². The molecule has 0 spiro atoms. The molecule has 0 aromatic rings. The predicted molar refractivity (Wildman–Crippen MR) is 74.2 cm³/mol. The number of hydrogen-bond acceptors (Lipinski definition) is 2. The third kappa shape index (κ3) is 3.03. The van der Waals surface area contributed by atoms with Gasteiger partial charge in [-0.05, 0) is 51.9 Å². The molecule has 0 radical (unpaired) electrons. The predicted octanol–water partition coefficient (Wildman–Crippen LogP) is 2.88. The minimum atomic E-state index is 0.387. The van der Waals surface area contributed by atoms with Crippen molar-refractivity contribution in [1.82, 2.24) is 10.2 Å². The number of piperazine rings is 1. The van der Waals surface area contributed by atoms with Gasteiger partial charge in [-0.25, -0.2) is 0 Å². The maximum atomic E-state index is 3.86. The molecule has 1 N–H and O–H groups in total. The van der Waals surface area contributed by atoms with Gasteiger partial charge in [0.2, 0.25) is 0 Å². The maximum absolute atomic E-state index is 3.86. The smallest absolute Gasteiger partial charge is 0.0309 e. The van der Waals surface area contributed by atoms with Gasteiger partial charge in [-0.3, -0.25) is 4.90 Å². The summed E-state index contributed by atoms with van der Waals surface area (Å²) in [7, 11) is 0. The lowest BCUT2D eigenvalue weighted by atomic mass is 9.88. The van der Waals surface area contributed by atoms with Crippen LogP contribution in [-0.2, 0) is 0 Å². The molecule has 2 nitrogen and oxygen atoms in total. The molecule has 0 aromatic carbocycles. The van der Waals surface area contributed by atoms with E-state index in [9.17, 15) is 0 Å². The molecule has 2 rings (SSSR count). The average Bonchev–Trinajstić information content (AvgIpc) is 3.03. The largest absolute Gasteiger partial charge is 0.308 e. The highest BCUT2D eigenvalue weighted by atomic mass is 15.3. The number of nitrogens with zero attached hydrogens (tertiary/aromatic N) is 1. The van der Waals surface area contributed by atoms with E-state index in [0.717, 1.165) is 17.9 Å². The molecule has 2 atom stereocenters. The summed E-state index contributed by atoms with van der Waals surface area (Å²) in [5.41, 5.74) is 0.387. The quantitative estimate of drug-likeness (QED) is 0.810. The zero-order valence-corrected chi connectivity index (χ0v) is 12.3. The Morgan fingerprint density at radius 2 is 1.88 bits per heavy atom. The van der Waals surface area contributed by atoms with Gasteiger partial charge in [-0.1, -0.05) is 13.8 Å². The van der Waals surface area contributed by atoms with Crippen LogP contribution >= 0.6 is 0 Å². The van der Waals surface area contributed by atoms with Crippen LogP contribution in [0.25, 0.3) is 0 Å². The van der Waals surface area contributed by atoms with Crippen molar-refractivity contribution >= 4 is 0 Å². The highest BCUT2D eigenvalue weighted by Gasteiger charge is 2.46. The summed E-state index contributed by atoms with van der Waals surface area (Å²) >= 11 is 0. The molecule has 0 aromatic heterocycles. The van der Waals surface area contributed by atoms with Gasteiger partial charge in [-0.2, -0.15) is 0 Å². The molecule has 1 heterocycles. The van der Waals surface area contributed by atoms with Gasteiger partial charge in [0.15, 0.2) is 0 Å².